The predicted molar refractivity (Wildman–Crippen MR) is 91.6 cm³/mol. The number of nitrogens with zero attached hydrogens (tertiary/aromatic N) is 1. The predicted octanol–water partition coefficient (Wildman–Crippen LogP) is 3.43. The van der Waals surface area contributed by atoms with E-state index in [1.54, 1.807) is 6.20 Å². The number of carbonyl (C=O) groups excluding carboxylic acids is 1. The lowest BCUT2D eigenvalue weighted by atomic mass is 9.97. The number of carbonyl (C=O) groups is 1. The number of hydrogen-bond acceptors (Lipinski definition) is 2. The van der Waals surface area contributed by atoms with Crippen molar-refractivity contribution in [3.8, 4) is 0 Å². The number of H-pyrrole nitrogens is 1. The molecule has 0 unspecified atom stereocenters. The normalized spacial score (nSPS) is 17.7. The largest absolute Gasteiger partial charge is 0.364 e. The van der Waals surface area contributed by atoms with Crippen LogP contribution in [0.25, 0.3) is 0 Å². The second kappa shape index (κ2) is 7.16. The minimum atomic E-state index is -0.177. The van der Waals surface area contributed by atoms with Gasteiger partial charge in [-0.25, -0.2) is 0 Å². The second-order valence-corrected chi connectivity index (χ2v) is 6.95. The smallest absolute Gasteiger partial charge is 0.259 e. The monoisotopic (exact) mass is 314 g/mol. The van der Waals surface area contributed by atoms with E-state index >= 15 is 0 Å². The van der Waals surface area contributed by atoms with Crippen LogP contribution in [0.2, 0.25) is 0 Å². The number of rotatable bonds is 6. The number of nitrogens with one attached hydrogen (secondary N) is 1. The molecule has 2 aliphatic carbocycles. The number of allylic oxidation sites excluding steroid dienone is 1. The highest BCUT2D eigenvalue weighted by molar-refractivity contribution is 5.93. The molecular formula is C19H26N2O2. The zero-order valence-electron chi connectivity index (χ0n) is 13.9. The molecule has 1 aromatic heterocycles. The summed E-state index contributed by atoms with van der Waals surface area (Å²) in [6, 6.07) is 1.51. The van der Waals surface area contributed by atoms with Gasteiger partial charge in [-0.05, 0) is 57.8 Å². The van der Waals surface area contributed by atoms with E-state index in [-0.39, 0.29) is 16.9 Å². The molecule has 0 atom stereocenters. The Labute approximate surface area is 137 Å². The summed E-state index contributed by atoms with van der Waals surface area (Å²) < 4.78 is 0. The summed E-state index contributed by atoms with van der Waals surface area (Å²) in [5, 5.41) is 0. The third-order valence-electron chi connectivity index (χ3n) is 4.84. The van der Waals surface area contributed by atoms with E-state index in [1.165, 1.54) is 43.7 Å². The summed E-state index contributed by atoms with van der Waals surface area (Å²) in [4.78, 5) is 29.8. The first kappa shape index (κ1) is 16.0. The van der Waals surface area contributed by atoms with Gasteiger partial charge < -0.3 is 9.88 Å². The van der Waals surface area contributed by atoms with Crippen LogP contribution in [-0.2, 0) is 0 Å². The molecule has 2 aliphatic rings. The summed E-state index contributed by atoms with van der Waals surface area (Å²) in [6.07, 6.45) is 12.1. The van der Waals surface area contributed by atoms with Gasteiger partial charge in [-0.15, -0.1) is 0 Å². The van der Waals surface area contributed by atoms with E-state index in [0.717, 1.165) is 31.6 Å². The molecule has 4 heteroatoms. The van der Waals surface area contributed by atoms with Gasteiger partial charge in [0, 0.05) is 31.0 Å². The van der Waals surface area contributed by atoms with Crippen LogP contribution in [0.15, 0.2) is 28.7 Å². The molecule has 0 saturated heterocycles. The van der Waals surface area contributed by atoms with Gasteiger partial charge in [0.25, 0.3) is 5.91 Å². The van der Waals surface area contributed by atoms with Gasteiger partial charge in [-0.2, -0.15) is 0 Å². The lowest BCUT2D eigenvalue weighted by Crippen LogP contribution is -2.36. The van der Waals surface area contributed by atoms with Crippen LogP contribution < -0.4 is 5.43 Å². The number of amides is 1. The third-order valence-corrected chi connectivity index (χ3v) is 4.84. The van der Waals surface area contributed by atoms with E-state index in [1.807, 2.05) is 11.8 Å². The van der Waals surface area contributed by atoms with Crippen LogP contribution in [0.5, 0.6) is 0 Å². The number of aromatic amines is 1. The summed E-state index contributed by atoms with van der Waals surface area (Å²) >= 11 is 0. The highest BCUT2D eigenvalue weighted by Crippen LogP contribution is 2.30. The van der Waals surface area contributed by atoms with Crippen molar-refractivity contribution in [2.24, 2.45) is 5.92 Å². The topological polar surface area (TPSA) is 53.2 Å². The first-order valence-electron chi connectivity index (χ1n) is 8.80. The van der Waals surface area contributed by atoms with Gasteiger partial charge >= 0.3 is 0 Å². The van der Waals surface area contributed by atoms with Crippen molar-refractivity contribution in [2.75, 3.05) is 13.1 Å². The van der Waals surface area contributed by atoms with Crippen LogP contribution >= 0.6 is 0 Å². The van der Waals surface area contributed by atoms with Crippen LogP contribution in [0.1, 0.15) is 61.0 Å². The molecule has 124 valence electrons. The zero-order chi connectivity index (χ0) is 16.2. The van der Waals surface area contributed by atoms with E-state index in [9.17, 15) is 9.59 Å². The van der Waals surface area contributed by atoms with E-state index < -0.39 is 0 Å². The standard InChI is InChI=1S/C19H26N2O2/c1-14-11-18(22)17(12-20-14)19(23)21(13-16-7-8-16)10-9-15-5-3-2-4-6-15/h5,11-12,16H,2-4,6-10,13H2,1H3,(H,20,22). The molecule has 0 aromatic carbocycles. The Morgan fingerprint density at radius 2 is 2.17 bits per heavy atom. The Morgan fingerprint density at radius 3 is 2.83 bits per heavy atom. The number of aryl methyl sites for hydroxylation is 1. The Morgan fingerprint density at radius 1 is 1.35 bits per heavy atom. The van der Waals surface area contributed by atoms with Crippen LogP contribution in [0.3, 0.4) is 0 Å². The molecular weight excluding hydrogens is 288 g/mol. The van der Waals surface area contributed by atoms with E-state index in [4.69, 9.17) is 0 Å². The van der Waals surface area contributed by atoms with E-state index in [0.29, 0.717) is 5.92 Å². The summed E-state index contributed by atoms with van der Waals surface area (Å²) in [7, 11) is 0. The second-order valence-electron chi connectivity index (χ2n) is 6.95. The minimum Gasteiger partial charge on any atom is -0.364 e. The molecule has 1 fully saturated rings. The summed E-state index contributed by atoms with van der Waals surface area (Å²) in [6.45, 7) is 3.35. The van der Waals surface area contributed by atoms with Gasteiger partial charge in [0.15, 0.2) is 5.43 Å². The molecule has 1 aromatic rings. The molecule has 1 amide bonds. The number of aromatic nitrogens is 1. The minimum absolute atomic E-state index is 0.116. The number of hydrogen-bond donors (Lipinski definition) is 1. The van der Waals surface area contributed by atoms with Gasteiger partial charge in [-0.1, -0.05) is 11.6 Å². The summed E-state index contributed by atoms with van der Waals surface area (Å²) in [5.41, 5.74) is 2.35. The lowest BCUT2D eigenvalue weighted by Gasteiger charge is -2.24. The van der Waals surface area contributed by atoms with Crippen molar-refractivity contribution < 1.29 is 4.79 Å². The molecule has 1 N–H and O–H groups in total. The van der Waals surface area contributed by atoms with Crippen molar-refractivity contribution in [3.63, 3.8) is 0 Å². The molecule has 4 nitrogen and oxygen atoms in total. The van der Waals surface area contributed by atoms with Crippen molar-refractivity contribution in [3.05, 3.63) is 45.4 Å². The molecule has 0 aliphatic heterocycles. The van der Waals surface area contributed by atoms with E-state index in [2.05, 4.69) is 11.1 Å². The quantitative estimate of drug-likeness (QED) is 0.818. The maximum absolute atomic E-state index is 12.8. The first-order valence-corrected chi connectivity index (χ1v) is 8.80. The molecule has 0 spiro atoms. The highest BCUT2D eigenvalue weighted by atomic mass is 16.2. The zero-order valence-corrected chi connectivity index (χ0v) is 13.9. The van der Waals surface area contributed by atoms with Crippen LogP contribution in [0.4, 0.5) is 0 Å². The fraction of sp³-hybridized carbons (Fsp3) is 0.579. The fourth-order valence-corrected chi connectivity index (χ4v) is 3.21. The van der Waals surface area contributed by atoms with Gasteiger partial charge in [-0.3, -0.25) is 9.59 Å². The maximum Gasteiger partial charge on any atom is 0.259 e. The molecule has 1 saturated carbocycles. The fourth-order valence-electron chi connectivity index (χ4n) is 3.21. The third kappa shape index (κ3) is 4.34. The first-order chi connectivity index (χ1) is 11.1. The van der Waals surface area contributed by atoms with Crippen molar-refractivity contribution >= 4 is 5.91 Å². The van der Waals surface area contributed by atoms with Crippen LogP contribution in [-0.4, -0.2) is 28.9 Å². The van der Waals surface area contributed by atoms with Gasteiger partial charge in [0.2, 0.25) is 0 Å². The van der Waals surface area contributed by atoms with Crippen molar-refractivity contribution in [1.29, 1.82) is 0 Å². The lowest BCUT2D eigenvalue weighted by molar-refractivity contribution is 0.0747. The van der Waals surface area contributed by atoms with Gasteiger partial charge in [0.05, 0.1) is 0 Å². The average Bonchev–Trinajstić information content (AvgIpc) is 3.36. The van der Waals surface area contributed by atoms with Crippen molar-refractivity contribution in [2.45, 2.75) is 51.9 Å². The Hall–Kier alpha value is -1.84. The Kier molecular flexibility index (Phi) is 4.99. The van der Waals surface area contributed by atoms with Crippen molar-refractivity contribution in [1.82, 2.24) is 9.88 Å². The SMILES string of the molecule is Cc1cc(=O)c(C(=O)N(CCC2=CCCCC2)CC2CC2)c[nH]1. The molecule has 1 heterocycles. The molecule has 0 radical (unpaired) electrons. The summed E-state index contributed by atoms with van der Waals surface area (Å²) in [5.74, 6) is 0.512. The molecule has 3 rings (SSSR count). The van der Waals surface area contributed by atoms with Gasteiger partial charge in [0.1, 0.15) is 5.56 Å². The molecule has 0 bridgehead atoms. The number of pyridine rings is 1. The van der Waals surface area contributed by atoms with Crippen LogP contribution in [0, 0.1) is 12.8 Å². The Balaban J connectivity index is 1.70. The Bertz CT molecular complexity index is 656. The highest BCUT2D eigenvalue weighted by Gasteiger charge is 2.28. The maximum atomic E-state index is 12.8. The molecule has 23 heavy (non-hydrogen) atoms. The average molecular weight is 314 g/mol.